The lowest BCUT2D eigenvalue weighted by atomic mass is 10.3. The van der Waals surface area contributed by atoms with Crippen molar-refractivity contribution < 1.29 is 9.13 Å². The molecule has 2 aromatic heterocycles. The van der Waals surface area contributed by atoms with E-state index in [9.17, 15) is 4.39 Å². The smallest absolute Gasteiger partial charge is 0.250 e. The molecule has 102 valence electrons. The van der Waals surface area contributed by atoms with Crippen molar-refractivity contribution in [2.45, 2.75) is 0 Å². The number of ether oxygens (including phenoxy) is 1. The third-order valence-electron chi connectivity index (χ3n) is 2.58. The van der Waals surface area contributed by atoms with E-state index in [-0.39, 0.29) is 11.6 Å². The fourth-order valence-electron chi connectivity index (χ4n) is 1.65. The fraction of sp³-hybridized carbons (Fsp3) is 0.0833. The summed E-state index contributed by atoms with van der Waals surface area (Å²) >= 11 is 3.27. The van der Waals surface area contributed by atoms with Crippen LogP contribution in [0.5, 0.6) is 11.6 Å². The average molecular weight is 338 g/mol. The van der Waals surface area contributed by atoms with Crippen LogP contribution in [0.3, 0.4) is 0 Å². The van der Waals surface area contributed by atoms with E-state index < -0.39 is 5.82 Å². The number of benzene rings is 1. The number of aromatic amines is 1. The molecular formula is C12H9BrFN5O. The highest BCUT2D eigenvalue weighted by Crippen LogP contribution is 2.30. The number of nitrogens with zero attached hydrogens (tertiary/aromatic N) is 3. The minimum absolute atomic E-state index is 0.0658. The van der Waals surface area contributed by atoms with Gasteiger partial charge in [0.15, 0.2) is 17.2 Å². The maximum Gasteiger partial charge on any atom is 0.250 e. The second kappa shape index (κ2) is 5.04. The lowest BCUT2D eigenvalue weighted by molar-refractivity contribution is 0.431. The van der Waals surface area contributed by atoms with E-state index in [4.69, 9.17) is 4.74 Å². The van der Waals surface area contributed by atoms with E-state index in [0.29, 0.717) is 21.6 Å². The molecule has 0 aliphatic heterocycles. The monoisotopic (exact) mass is 337 g/mol. The Morgan fingerprint density at radius 1 is 1.35 bits per heavy atom. The molecule has 0 unspecified atom stereocenters. The number of H-pyrrole nitrogens is 1. The maximum absolute atomic E-state index is 13.7. The molecule has 8 heteroatoms. The molecule has 2 N–H and O–H groups in total. The molecule has 0 saturated heterocycles. The van der Waals surface area contributed by atoms with Crippen LogP contribution < -0.4 is 10.1 Å². The summed E-state index contributed by atoms with van der Waals surface area (Å²) in [6, 6.07) is 4.43. The number of aromatic nitrogens is 4. The highest BCUT2D eigenvalue weighted by molar-refractivity contribution is 9.10. The summed E-state index contributed by atoms with van der Waals surface area (Å²) in [7, 11) is 1.68. The molecule has 6 nitrogen and oxygen atoms in total. The fourth-order valence-corrected chi connectivity index (χ4v) is 1.99. The SMILES string of the molecule is CNc1nc(Oc2cc(Br)ccc2F)c2[nH]cnc2n1. The molecular weight excluding hydrogens is 329 g/mol. The zero-order chi connectivity index (χ0) is 14.1. The lowest BCUT2D eigenvalue weighted by Gasteiger charge is -2.08. The van der Waals surface area contributed by atoms with E-state index in [2.05, 4.69) is 41.2 Å². The highest BCUT2D eigenvalue weighted by Gasteiger charge is 2.13. The van der Waals surface area contributed by atoms with E-state index in [1.54, 1.807) is 13.1 Å². The molecule has 0 saturated carbocycles. The first kappa shape index (κ1) is 12.8. The molecule has 0 aliphatic rings. The number of fused-ring (bicyclic) bond motifs is 1. The molecule has 3 rings (SSSR count). The molecule has 0 spiro atoms. The van der Waals surface area contributed by atoms with Crippen LogP contribution in [0, 0.1) is 5.82 Å². The first-order valence-electron chi connectivity index (χ1n) is 5.69. The number of hydrogen-bond donors (Lipinski definition) is 2. The number of imidazole rings is 1. The molecule has 0 bridgehead atoms. The van der Waals surface area contributed by atoms with Crippen LogP contribution in [0.15, 0.2) is 29.0 Å². The van der Waals surface area contributed by atoms with E-state index in [1.807, 2.05) is 0 Å². The molecule has 0 atom stereocenters. The molecule has 1 aromatic carbocycles. The molecule has 20 heavy (non-hydrogen) atoms. The van der Waals surface area contributed by atoms with E-state index in [1.165, 1.54) is 18.5 Å². The summed E-state index contributed by atoms with van der Waals surface area (Å²) in [6.07, 6.45) is 1.48. The van der Waals surface area contributed by atoms with Gasteiger partial charge in [-0.2, -0.15) is 9.97 Å². The van der Waals surface area contributed by atoms with Crippen molar-refractivity contribution in [1.29, 1.82) is 0 Å². The highest BCUT2D eigenvalue weighted by atomic mass is 79.9. The van der Waals surface area contributed by atoms with Gasteiger partial charge in [0.05, 0.1) is 6.33 Å². The summed E-state index contributed by atoms with van der Waals surface area (Å²) in [5, 5.41) is 2.80. The van der Waals surface area contributed by atoms with Crippen molar-refractivity contribution in [1.82, 2.24) is 19.9 Å². The van der Waals surface area contributed by atoms with Crippen molar-refractivity contribution in [2.24, 2.45) is 0 Å². The van der Waals surface area contributed by atoms with Crippen LogP contribution in [-0.4, -0.2) is 27.0 Å². The summed E-state index contributed by atoms with van der Waals surface area (Å²) in [6.45, 7) is 0. The van der Waals surface area contributed by atoms with Crippen molar-refractivity contribution in [3.8, 4) is 11.6 Å². The van der Waals surface area contributed by atoms with E-state index in [0.717, 1.165) is 0 Å². The second-order valence-electron chi connectivity index (χ2n) is 3.88. The Morgan fingerprint density at radius 2 is 2.20 bits per heavy atom. The van der Waals surface area contributed by atoms with Gasteiger partial charge in [0.2, 0.25) is 5.95 Å². The van der Waals surface area contributed by atoms with Crippen LogP contribution in [0.25, 0.3) is 11.2 Å². The summed E-state index contributed by atoms with van der Waals surface area (Å²) < 4.78 is 20.0. The summed E-state index contributed by atoms with van der Waals surface area (Å²) in [5.41, 5.74) is 0.943. The summed E-state index contributed by atoms with van der Waals surface area (Å²) in [5.74, 6) is 0.130. The van der Waals surface area contributed by atoms with Crippen molar-refractivity contribution in [3.05, 3.63) is 34.8 Å². The van der Waals surface area contributed by atoms with Gasteiger partial charge in [-0.15, -0.1) is 0 Å². The standard InChI is InChI=1S/C12H9BrFN5O/c1-15-12-18-10-9(16-5-17-10)11(19-12)20-8-4-6(13)2-3-7(8)14/h2-5H,1H3,(H2,15,16,17,18,19). The van der Waals surface area contributed by atoms with Gasteiger partial charge in [0.1, 0.15) is 5.52 Å². The van der Waals surface area contributed by atoms with Gasteiger partial charge in [-0.3, -0.25) is 0 Å². The zero-order valence-electron chi connectivity index (χ0n) is 10.3. The van der Waals surface area contributed by atoms with Gasteiger partial charge < -0.3 is 15.0 Å². The molecule has 0 aliphatic carbocycles. The van der Waals surface area contributed by atoms with Crippen molar-refractivity contribution in [2.75, 3.05) is 12.4 Å². The number of halogens is 2. The molecule has 0 radical (unpaired) electrons. The first-order chi connectivity index (χ1) is 9.67. The second-order valence-corrected chi connectivity index (χ2v) is 4.80. The Bertz CT molecular complexity index is 776. The Morgan fingerprint density at radius 3 is 3.00 bits per heavy atom. The number of anilines is 1. The average Bonchev–Trinajstić information content (AvgIpc) is 2.91. The quantitative estimate of drug-likeness (QED) is 0.768. The van der Waals surface area contributed by atoms with Crippen molar-refractivity contribution in [3.63, 3.8) is 0 Å². The third kappa shape index (κ3) is 2.29. The van der Waals surface area contributed by atoms with Crippen molar-refractivity contribution >= 4 is 33.0 Å². The van der Waals surface area contributed by atoms with Gasteiger partial charge in [-0.25, -0.2) is 9.37 Å². The Hall–Kier alpha value is -2.22. The third-order valence-corrected chi connectivity index (χ3v) is 3.07. The minimum Gasteiger partial charge on any atom is -0.434 e. The summed E-state index contributed by atoms with van der Waals surface area (Å²) in [4.78, 5) is 15.2. The van der Waals surface area contributed by atoms with Crippen LogP contribution >= 0.6 is 15.9 Å². The van der Waals surface area contributed by atoms with Crippen LogP contribution in [-0.2, 0) is 0 Å². The molecule has 2 heterocycles. The minimum atomic E-state index is -0.481. The Labute approximate surface area is 121 Å². The normalized spacial score (nSPS) is 10.8. The van der Waals surface area contributed by atoms with Gasteiger partial charge >= 0.3 is 0 Å². The molecule has 3 aromatic rings. The first-order valence-corrected chi connectivity index (χ1v) is 6.48. The Balaban J connectivity index is 2.09. The Kier molecular flexibility index (Phi) is 3.23. The number of rotatable bonds is 3. The van der Waals surface area contributed by atoms with Crippen LogP contribution in [0.2, 0.25) is 0 Å². The molecule has 0 amide bonds. The van der Waals surface area contributed by atoms with Gasteiger partial charge in [0.25, 0.3) is 5.88 Å². The van der Waals surface area contributed by atoms with E-state index >= 15 is 0 Å². The lowest BCUT2D eigenvalue weighted by Crippen LogP contribution is -2.00. The van der Waals surface area contributed by atoms with Crippen LogP contribution in [0.1, 0.15) is 0 Å². The predicted octanol–water partition coefficient (Wildman–Crippen LogP) is 3.09. The number of nitrogens with one attached hydrogen (secondary N) is 2. The largest absolute Gasteiger partial charge is 0.434 e. The maximum atomic E-state index is 13.7. The molecule has 0 fully saturated rings. The predicted molar refractivity (Wildman–Crippen MR) is 75.4 cm³/mol. The topological polar surface area (TPSA) is 75.7 Å². The van der Waals surface area contributed by atoms with Gasteiger partial charge in [-0.1, -0.05) is 15.9 Å². The zero-order valence-corrected chi connectivity index (χ0v) is 11.9. The van der Waals surface area contributed by atoms with Gasteiger partial charge in [0, 0.05) is 11.5 Å². The number of hydrogen-bond acceptors (Lipinski definition) is 5. The van der Waals surface area contributed by atoms with Gasteiger partial charge in [-0.05, 0) is 18.2 Å². The van der Waals surface area contributed by atoms with Crippen LogP contribution in [0.4, 0.5) is 10.3 Å².